The van der Waals surface area contributed by atoms with E-state index < -0.39 is 0 Å². The SMILES string of the molecule is COc1ccc(CN(Cc2cc3c(C)ccc(C)c3[nH]c2=O)C(=S)NCCc2ccc(OC)c(OC)c2)cc1. The molecular formula is C31H35N3O4S. The number of pyridine rings is 1. The maximum absolute atomic E-state index is 13.1. The van der Waals surface area contributed by atoms with Crippen molar-refractivity contribution >= 4 is 28.2 Å². The highest BCUT2D eigenvalue weighted by Gasteiger charge is 2.15. The molecule has 0 saturated carbocycles. The van der Waals surface area contributed by atoms with Gasteiger partial charge >= 0.3 is 0 Å². The summed E-state index contributed by atoms with van der Waals surface area (Å²) >= 11 is 5.84. The molecule has 0 saturated heterocycles. The summed E-state index contributed by atoms with van der Waals surface area (Å²) in [6.45, 7) is 5.59. The van der Waals surface area contributed by atoms with E-state index in [1.54, 1.807) is 21.3 Å². The average molecular weight is 546 g/mol. The van der Waals surface area contributed by atoms with Crippen LogP contribution in [0, 0.1) is 13.8 Å². The molecule has 4 rings (SSSR count). The molecule has 0 aliphatic carbocycles. The molecule has 0 aliphatic heterocycles. The zero-order chi connectivity index (χ0) is 27.9. The van der Waals surface area contributed by atoms with Crippen molar-refractivity contribution in [3.63, 3.8) is 0 Å². The Kier molecular flexibility index (Phi) is 9.09. The lowest BCUT2D eigenvalue weighted by atomic mass is 10.0. The van der Waals surface area contributed by atoms with Crippen molar-refractivity contribution in [1.82, 2.24) is 15.2 Å². The summed E-state index contributed by atoms with van der Waals surface area (Å²) in [4.78, 5) is 18.2. The fourth-order valence-electron chi connectivity index (χ4n) is 4.55. The number of aromatic nitrogens is 1. The number of benzene rings is 3. The third kappa shape index (κ3) is 6.70. The van der Waals surface area contributed by atoms with Gasteiger partial charge in [-0.05, 0) is 85.1 Å². The Hall–Kier alpha value is -4.04. The summed E-state index contributed by atoms with van der Waals surface area (Å²) in [5.41, 5.74) is 5.75. The van der Waals surface area contributed by atoms with Crippen LogP contribution in [-0.4, -0.2) is 42.9 Å². The molecule has 0 spiro atoms. The van der Waals surface area contributed by atoms with E-state index in [2.05, 4.69) is 23.3 Å². The Labute approximate surface area is 234 Å². The lowest BCUT2D eigenvalue weighted by Gasteiger charge is -2.26. The van der Waals surface area contributed by atoms with Crippen LogP contribution in [0.5, 0.6) is 17.2 Å². The summed E-state index contributed by atoms with van der Waals surface area (Å²) in [6, 6.07) is 19.9. The van der Waals surface area contributed by atoms with Crippen LogP contribution in [0.1, 0.15) is 27.8 Å². The van der Waals surface area contributed by atoms with Gasteiger partial charge < -0.3 is 29.4 Å². The van der Waals surface area contributed by atoms with Crippen molar-refractivity contribution in [1.29, 1.82) is 0 Å². The van der Waals surface area contributed by atoms with Gasteiger partial charge in [-0.3, -0.25) is 4.79 Å². The third-order valence-electron chi connectivity index (χ3n) is 6.84. The van der Waals surface area contributed by atoms with Gasteiger partial charge in [-0.2, -0.15) is 0 Å². The predicted octanol–water partition coefficient (Wildman–Crippen LogP) is 5.29. The van der Waals surface area contributed by atoms with E-state index in [0.717, 1.165) is 45.3 Å². The molecule has 2 N–H and O–H groups in total. The van der Waals surface area contributed by atoms with Gasteiger partial charge in [-0.15, -0.1) is 0 Å². The molecule has 4 aromatic rings. The van der Waals surface area contributed by atoms with E-state index in [1.165, 1.54) is 0 Å². The molecule has 0 fully saturated rings. The molecule has 0 atom stereocenters. The van der Waals surface area contributed by atoms with Gasteiger partial charge in [-0.25, -0.2) is 0 Å². The van der Waals surface area contributed by atoms with Gasteiger partial charge in [-0.1, -0.05) is 30.3 Å². The second-order valence-electron chi connectivity index (χ2n) is 9.49. The predicted molar refractivity (Wildman–Crippen MR) is 160 cm³/mol. The van der Waals surface area contributed by atoms with Crippen molar-refractivity contribution in [3.8, 4) is 17.2 Å². The Morgan fingerprint density at radius 2 is 1.54 bits per heavy atom. The smallest absolute Gasteiger partial charge is 0.253 e. The number of aryl methyl sites for hydroxylation is 2. The number of rotatable bonds is 10. The zero-order valence-electron chi connectivity index (χ0n) is 23.1. The van der Waals surface area contributed by atoms with Gasteiger partial charge in [0.2, 0.25) is 0 Å². The fourth-order valence-corrected chi connectivity index (χ4v) is 4.78. The number of hydrogen-bond donors (Lipinski definition) is 2. The average Bonchev–Trinajstić information content (AvgIpc) is 2.95. The van der Waals surface area contributed by atoms with Crippen molar-refractivity contribution in [2.24, 2.45) is 0 Å². The topological polar surface area (TPSA) is 75.8 Å². The molecule has 204 valence electrons. The second kappa shape index (κ2) is 12.7. The first-order valence-electron chi connectivity index (χ1n) is 12.8. The van der Waals surface area contributed by atoms with Crippen LogP contribution in [0.25, 0.3) is 10.9 Å². The second-order valence-corrected chi connectivity index (χ2v) is 9.87. The minimum Gasteiger partial charge on any atom is -0.497 e. The summed E-state index contributed by atoms with van der Waals surface area (Å²) < 4.78 is 16.1. The van der Waals surface area contributed by atoms with E-state index in [9.17, 15) is 4.79 Å². The summed E-state index contributed by atoms with van der Waals surface area (Å²) in [7, 11) is 4.90. The highest BCUT2D eigenvalue weighted by atomic mass is 32.1. The number of methoxy groups -OCH3 is 3. The molecule has 0 aliphatic rings. The number of nitrogens with one attached hydrogen (secondary N) is 2. The van der Waals surface area contributed by atoms with Gasteiger partial charge in [0.25, 0.3) is 5.56 Å². The molecule has 0 amide bonds. The maximum Gasteiger partial charge on any atom is 0.253 e. The number of nitrogens with zero attached hydrogens (tertiary/aromatic N) is 1. The first-order valence-corrected chi connectivity index (χ1v) is 13.2. The van der Waals surface area contributed by atoms with E-state index in [4.69, 9.17) is 26.4 Å². The van der Waals surface area contributed by atoms with Crippen molar-refractivity contribution in [2.45, 2.75) is 33.4 Å². The molecule has 7 nitrogen and oxygen atoms in total. The van der Waals surface area contributed by atoms with Crippen LogP contribution in [0.15, 0.2) is 65.5 Å². The summed E-state index contributed by atoms with van der Waals surface area (Å²) in [5.74, 6) is 2.18. The molecule has 3 aromatic carbocycles. The molecule has 1 heterocycles. The molecule has 0 unspecified atom stereocenters. The van der Waals surface area contributed by atoms with E-state index in [0.29, 0.717) is 41.8 Å². The first-order chi connectivity index (χ1) is 18.8. The van der Waals surface area contributed by atoms with E-state index in [1.807, 2.05) is 66.4 Å². The minimum absolute atomic E-state index is 0.107. The van der Waals surface area contributed by atoms with E-state index >= 15 is 0 Å². The van der Waals surface area contributed by atoms with Crippen LogP contribution < -0.4 is 25.1 Å². The van der Waals surface area contributed by atoms with Gasteiger partial charge in [0.05, 0.1) is 33.4 Å². The standard InChI is InChI=1S/C31H35N3O4S/c1-20-6-7-21(2)29-26(20)17-24(30(35)33-29)19-34(18-23-8-11-25(36-3)12-9-23)31(39)32-15-14-22-10-13-27(37-4)28(16-22)38-5/h6-13,16-17H,14-15,18-19H2,1-5H3,(H,32,39)(H,33,35). The van der Waals surface area contributed by atoms with Crippen molar-refractivity contribution < 1.29 is 14.2 Å². The van der Waals surface area contributed by atoms with Gasteiger partial charge in [0, 0.05) is 24.0 Å². The molecule has 39 heavy (non-hydrogen) atoms. The number of hydrogen-bond acceptors (Lipinski definition) is 5. The van der Waals surface area contributed by atoms with Crippen LogP contribution in [0.2, 0.25) is 0 Å². The molecule has 0 radical (unpaired) electrons. The molecule has 0 bridgehead atoms. The lowest BCUT2D eigenvalue weighted by Crippen LogP contribution is -2.40. The highest BCUT2D eigenvalue weighted by molar-refractivity contribution is 7.80. The normalized spacial score (nSPS) is 10.8. The zero-order valence-corrected chi connectivity index (χ0v) is 23.9. The lowest BCUT2D eigenvalue weighted by molar-refractivity contribution is 0.354. The highest BCUT2D eigenvalue weighted by Crippen LogP contribution is 2.27. The Morgan fingerprint density at radius 1 is 0.846 bits per heavy atom. The van der Waals surface area contributed by atoms with E-state index in [-0.39, 0.29) is 5.56 Å². The quantitative estimate of drug-likeness (QED) is 0.262. The Bertz CT molecular complexity index is 1520. The maximum atomic E-state index is 13.1. The fraction of sp³-hybridized carbons (Fsp3) is 0.290. The monoisotopic (exact) mass is 545 g/mol. The minimum atomic E-state index is -0.107. The number of H-pyrrole nitrogens is 1. The van der Waals surface area contributed by atoms with Crippen molar-refractivity contribution in [2.75, 3.05) is 27.9 Å². The van der Waals surface area contributed by atoms with Crippen LogP contribution in [-0.2, 0) is 19.5 Å². The van der Waals surface area contributed by atoms with Crippen LogP contribution in [0.3, 0.4) is 0 Å². The first kappa shape index (κ1) is 28.0. The summed E-state index contributed by atoms with van der Waals surface area (Å²) in [5, 5.41) is 5.00. The largest absolute Gasteiger partial charge is 0.497 e. The molecular weight excluding hydrogens is 510 g/mol. The number of fused-ring (bicyclic) bond motifs is 1. The van der Waals surface area contributed by atoms with Crippen LogP contribution >= 0.6 is 12.2 Å². The number of thiocarbonyl (C=S) groups is 1. The molecule has 1 aromatic heterocycles. The Balaban J connectivity index is 1.55. The van der Waals surface area contributed by atoms with Crippen molar-refractivity contribution in [3.05, 3.63) is 98.8 Å². The summed E-state index contributed by atoms with van der Waals surface area (Å²) in [6.07, 6.45) is 0.742. The third-order valence-corrected chi connectivity index (χ3v) is 7.24. The number of aromatic amines is 1. The Morgan fingerprint density at radius 3 is 2.23 bits per heavy atom. The van der Waals surface area contributed by atoms with Gasteiger partial charge in [0.15, 0.2) is 16.6 Å². The van der Waals surface area contributed by atoms with Crippen LogP contribution in [0.4, 0.5) is 0 Å². The van der Waals surface area contributed by atoms with Gasteiger partial charge in [0.1, 0.15) is 5.75 Å². The number of ether oxygens (including phenoxy) is 3. The molecule has 8 heteroatoms.